The van der Waals surface area contributed by atoms with Crippen LogP contribution in [0.15, 0.2) is 42.5 Å². The maximum Gasteiger partial charge on any atom is 0.246 e. The number of benzene rings is 2. The monoisotopic (exact) mass is 597 g/mol. The van der Waals surface area contributed by atoms with E-state index >= 15 is 0 Å². The summed E-state index contributed by atoms with van der Waals surface area (Å²) in [5, 5.41) is 9.17. The first-order chi connectivity index (χ1) is 20.2. The van der Waals surface area contributed by atoms with E-state index in [2.05, 4.69) is 16.0 Å². The summed E-state index contributed by atoms with van der Waals surface area (Å²) in [5.74, 6) is -0.950. The van der Waals surface area contributed by atoms with Crippen molar-refractivity contribution < 1.29 is 23.9 Å². The first-order valence-electron chi connectivity index (χ1n) is 14.5. The molecular weight excluding hydrogens is 558 g/mol. The van der Waals surface area contributed by atoms with Crippen LogP contribution in [0, 0.1) is 12.8 Å². The third-order valence-electron chi connectivity index (χ3n) is 7.88. The van der Waals surface area contributed by atoms with Crippen molar-refractivity contribution in [3.05, 3.63) is 64.2 Å². The van der Waals surface area contributed by atoms with Crippen LogP contribution < -0.4 is 21.7 Å². The Balaban J connectivity index is 1.41. The molecule has 0 aliphatic carbocycles. The molecule has 0 spiro atoms. The largest absolute Gasteiger partial charge is 0.381 e. The fourth-order valence-electron chi connectivity index (χ4n) is 5.34. The molecule has 0 saturated carbocycles. The smallest absolute Gasteiger partial charge is 0.246 e. The molecule has 1 saturated heterocycles. The van der Waals surface area contributed by atoms with Gasteiger partial charge in [-0.1, -0.05) is 35.9 Å². The summed E-state index contributed by atoms with van der Waals surface area (Å²) < 4.78 is 5.36. The van der Waals surface area contributed by atoms with E-state index in [4.69, 9.17) is 22.1 Å². The maximum atomic E-state index is 13.6. The van der Waals surface area contributed by atoms with Gasteiger partial charge in [0.2, 0.25) is 23.6 Å². The summed E-state index contributed by atoms with van der Waals surface area (Å²) in [5.41, 5.74) is 9.06. The molecule has 42 heavy (non-hydrogen) atoms. The molecule has 0 radical (unpaired) electrons. The standard InChI is InChI=1S/C31H40ClN5O5/c1-20-16-24(6-7-25(20)32)35-30(40)26(10-13-33)36-31(41)27-17-22-4-2-3-5-23(22)19-37(27)29(39)9-8-28(38)34-18-21-11-14-42-15-12-21/h2-7,16,21,26-27H,8-15,17-19,33H2,1H3,(H,34,38)(H,35,40)(H,36,41)/t26-,27-/m0/s1. The number of rotatable bonds is 11. The summed E-state index contributed by atoms with van der Waals surface area (Å²) in [6, 6.07) is 11.1. The van der Waals surface area contributed by atoms with E-state index in [1.165, 1.54) is 4.90 Å². The molecule has 2 aromatic rings. The molecule has 4 amide bonds. The summed E-state index contributed by atoms with van der Waals surface area (Å²) >= 11 is 6.10. The molecule has 2 atom stereocenters. The molecule has 10 nitrogen and oxygen atoms in total. The van der Waals surface area contributed by atoms with Gasteiger partial charge in [0.15, 0.2) is 0 Å². The molecule has 0 aromatic heterocycles. The van der Waals surface area contributed by atoms with Crippen molar-refractivity contribution in [3.8, 4) is 0 Å². The minimum absolute atomic E-state index is 0.0197. The lowest BCUT2D eigenvalue weighted by Gasteiger charge is -2.36. The van der Waals surface area contributed by atoms with Crippen LogP contribution in [-0.4, -0.2) is 66.9 Å². The Bertz CT molecular complexity index is 1280. The summed E-state index contributed by atoms with van der Waals surface area (Å²) in [6.45, 7) is 4.23. The van der Waals surface area contributed by atoms with E-state index in [1.54, 1.807) is 18.2 Å². The number of carbonyl (C=O) groups excluding carboxylic acids is 4. The van der Waals surface area contributed by atoms with E-state index in [1.807, 2.05) is 31.2 Å². The number of carbonyl (C=O) groups is 4. The molecule has 5 N–H and O–H groups in total. The Hall–Kier alpha value is -3.47. The van der Waals surface area contributed by atoms with Gasteiger partial charge in [0, 0.05) is 56.3 Å². The van der Waals surface area contributed by atoms with Crippen LogP contribution in [-0.2, 0) is 36.9 Å². The van der Waals surface area contributed by atoms with Gasteiger partial charge in [-0.3, -0.25) is 19.2 Å². The van der Waals surface area contributed by atoms with Gasteiger partial charge < -0.3 is 31.3 Å². The van der Waals surface area contributed by atoms with Crippen LogP contribution in [0.5, 0.6) is 0 Å². The molecule has 2 aliphatic heterocycles. The predicted molar refractivity (Wildman–Crippen MR) is 161 cm³/mol. The summed E-state index contributed by atoms with van der Waals surface area (Å²) in [4.78, 5) is 54.2. The second-order valence-electron chi connectivity index (χ2n) is 11.0. The van der Waals surface area contributed by atoms with Gasteiger partial charge in [-0.05, 0) is 73.5 Å². The number of nitrogens with one attached hydrogen (secondary N) is 3. The average Bonchev–Trinajstić information content (AvgIpc) is 3.00. The van der Waals surface area contributed by atoms with Crippen LogP contribution >= 0.6 is 11.6 Å². The maximum absolute atomic E-state index is 13.6. The van der Waals surface area contributed by atoms with Crippen molar-refractivity contribution in [1.29, 1.82) is 0 Å². The van der Waals surface area contributed by atoms with Crippen LogP contribution in [0.1, 0.15) is 48.8 Å². The quantitative estimate of drug-likeness (QED) is 0.314. The Morgan fingerprint density at radius 1 is 1.07 bits per heavy atom. The normalized spacial score (nSPS) is 17.6. The van der Waals surface area contributed by atoms with E-state index in [9.17, 15) is 19.2 Å². The molecule has 0 bridgehead atoms. The van der Waals surface area contributed by atoms with Crippen LogP contribution in [0.25, 0.3) is 0 Å². The first kappa shape index (κ1) is 31.5. The van der Waals surface area contributed by atoms with Gasteiger partial charge in [-0.15, -0.1) is 0 Å². The highest BCUT2D eigenvalue weighted by molar-refractivity contribution is 6.31. The van der Waals surface area contributed by atoms with Gasteiger partial charge in [-0.25, -0.2) is 0 Å². The van der Waals surface area contributed by atoms with Crippen LogP contribution in [0.2, 0.25) is 5.02 Å². The highest BCUT2D eigenvalue weighted by Gasteiger charge is 2.36. The fourth-order valence-corrected chi connectivity index (χ4v) is 5.45. The van der Waals surface area contributed by atoms with Gasteiger partial charge in [0.1, 0.15) is 12.1 Å². The van der Waals surface area contributed by atoms with Crippen molar-refractivity contribution in [1.82, 2.24) is 15.5 Å². The molecule has 2 aliphatic rings. The zero-order chi connectivity index (χ0) is 30.1. The number of fused-ring (bicyclic) bond motifs is 1. The van der Waals surface area contributed by atoms with Crippen molar-refractivity contribution in [2.75, 3.05) is 31.6 Å². The topological polar surface area (TPSA) is 143 Å². The van der Waals surface area contributed by atoms with Gasteiger partial charge in [0.25, 0.3) is 0 Å². The minimum atomic E-state index is -0.899. The number of ether oxygens (including phenoxy) is 1. The third kappa shape index (κ3) is 8.53. The highest BCUT2D eigenvalue weighted by Crippen LogP contribution is 2.25. The van der Waals surface area contributed by atoms with E-state index in [0.29, 0.717) is 42.8 Å². The van der Waals surface area contributed by atoms with Gasteiger partial charge in [-0.2, -0.15) is 0 Å². The number of amides is 4. The number of hydrogen-bond donors (Lipinski definition) is 4. The number of halogens is 1. The predicted octanol–water partition coefficient (Wildman–Crippen LogP) is 2.70. The second kappa shape index (κ2) is 15.1. The molecular formula is C31H40ClN5O5. The number of nitrogens with two attached hydrogens (primary N) is 1. The van der Waals surface area contributed by atoms with Crippen molar-refractivity contribution in [2.45, 2.75) is 64.1 Å². The lowest BCUT2D eigenvalue weighted by Crippen LogP contribution is -2.56. The number of anilines is 1. The molecule has 11 heteroatoms. The van der Waals surface area contributed by atoms with Crippen LogP contribution in [0.4, 0.5) is 5.69 Å². The number of aryl methyl sites for hydroxylation is 1. The number of nitrogens with zero attached hydrogens (tertiary/aromatic N) is 1. The average molecular weight is 598 g/mol. The SMILES string of the molecule is Cc1cc(NC(=O)[C@H](CCN)NC(=O)[C@@H]2Cc3ccccc3CN2C(=O)CCC(=O)NCC2CCOCC2)ccc1Cl. The fraction of sp³-hybridized carbons (Fsp3) is 0.484. The van der Waals surface area contributed by atoms with Crippen molar-refractivity contribution in [2.24, 2.45) is 11.7 Å². The van der Waals surface area contributed by atoms with Crippen LogP contribution in [0.3, 0.4) is 0 Å². The molecule has 226 valence electrons. The lowest BCUT2D eigenvalue weighted by molar-refractivity contribution is -0.143. The van der Waals surface area contributed by atoms with Crippen molar-refractivity contribution in [3.63, 3.8) is 0 Å². The Kier molecular flexibility index (Phi) is 11.3. The Morgan fingerprint density at radius 3 is 2.52 bits per heavy atom. The summed E-state index contributed by atoms with van der Waals surface area (Å²) in [7, 11) is 0. The zero-order valence-electron chi connectivity index (χ0n) is 24.0. The minimum Gasteiger partial charge on any atom is -0.381 e. The molecule has 1 fully saturated rings. The molecule has 0 unspecified atom stereocenters. The van der Waals surface area contributed by atoms with Gasteiger partial charge >= 0.3 is 0 Å². The Labute approximate surface area is 251 Å². The zero-order valence-corrected chi connectivity index (χ0v) is 24.8. The third-order valence-corrected chi connectivity index (χ3v) is 8.30. The van der Waals surface area contributed by atoms with Gasteiger partial charge in [0.05, 0.1) is 0 Å². The second-order valence-corrected chi connectivity index (χ2v) is 11.4. The molecule has 2 aromatic carbocycles. The van der Waals surface area contributed by atoms with Crippen molar-refractivity contribution >= 4 is 40.9 Å². The number of hydrogen-bond acceptors (Lipinski definition) is 6. The van der Waals surface area contributed by atoms with E-state index in [0.717, 1.165) is 29.5 Å². The lowest BCUT2D eigenvalue weighted by atomic mass is 9.92. The first-order valence-corrected chi connectivity index (χ1v) is 14.9. The van der Waals surface area contributed by atoms with E-state index in [-0.39, 0.29) is 44.2 Å². The summed E-state index contributed by atoms with van der Waals surface area (Å²) in [6.07, 6.45) is 2.35. The highest BCUT2D eigenvalue weighted by atomic mass is 35.5. The van der Waals surface area contributed by atoms with E-state index < -0.39 is 23.9 Å². The molecule has 2 heterocycles. The Morgan fingerprint density at radius 2 is 1.81 bits per heavy atom. The molecule has 4 rings (SSSR count).